The van der Waals surface area contributed by atoms with Gasteiger partial charge in [0.05, 0.1) is 28.6 Å². The molecule has 0 aromatic carbocycles. The predicted molar refractivity (Wildman–Crippen MR) is 84.0 cm³/mol. The maximum atomic E-state index is 11.6. The minimum absolute atomic E-state index is 0.211. The zero-order valence-corrected chi connectivity index (χ0v) is 13.7. The lowest BCUT2D eigenvalue weighted by Crippen LogP contribution is -2.08. The molecule has 3 rings (SSSR count). The number of hydrogen-bond acceptors (Lipinski definition) is 6. The molecule has 0 radical (unpaired) electrons. The molecule has 5 nitrogen and oxygen atoms in total. The van der Waals surface area contributed by atoms with Crippen LogP contribution in [0.4, 0.5) is 0 Å². The number of aromatic nitrogens is 3. The summed E-state index contributed by atoms with van der Waals surface area (Å²) in [6.45, 7) is 6.20. The van der Waals surface area contributed by atoms with Gasteiger partial charge in [-0.1, -0.05) is 0 Å². The Balaban J connectivity index is 1.96. The number of aryl methyl sites for hydroxylation is 2. The molecule has 0 saturated heterocycles. The number of imidazole rings is 1. The van der Waals surface area contributed by atoms with Gasteiger partial charge in [0, 0.05) is 17.3 Å². The number of carbonyl (C=O) groups excluding carboxylic acids is 1. The van der Waals surface area contributed by atoms with Crippen LogP contribution in [0, 0.1) is 13.8 Å². The minimum atomic E-state index is -0.211. The maximum absolute atomic E-state index is 11.6. The number of hydrogen-bond donors (Lipinski definition) is 0. The van der Waals surface area contributed by atoms with Crippen LogP contribution in [0.3, 0.4) is 0 Å². The molecule has 3 heterocycles. The highest BCUT2D eigenvalue weighted by Gasteiger charge is 2.15. The van der Waals surface area contributed by atoms with Crippen LogP contribution in [0.1, 0.15) is 23.3 Å². The molecule has 0 amide bonds. The third-order valence-electron chi connectivity index (χ3n) is 3.05. The molecule has 0 fully saturated rings. The van der Waals surface area contributed by atoms with Crippen LogP contribution in [0.2, 0.25) is 0 Å². The molecule has 3 aromatic heterocycles. The summed E-state index contributed by atoms with van der Waals surface area (Å²) in [6, 6.07) is 0. The lowest BCUT2D eigenvalue weighted by atomic mass is 10.3. The van der Waals surface area contributed by atoms with Gasteiger partial charge >= 0.3 is 5.97 Å². The molecule has 0 unspecified atom stereocenters. The molecule has 0 aliphatic rings. The molecule has 0 atom stereocenters. The van der Waals surface area contributed by atoms with Gasteiger partial charge in [0.2, 0.25) is 0 Å². The molecule has 0 spiro atoms. The van der Waals surface area contributed by atoms with Crippen LogP contribution in [0.5, 0.6) is 0 Å². The summed E-state index contributed by atoms with van der Waals surface area (Å²) in [6.07, 6.45) is 2.24. The Bertz CT molecular complexity index is 800. The van der Waals surface area contributed by atoms with Crippen LogP contribution in [0.25, 0.3) is 15.5 Å². The molecular formula is C14H15N3O2S2. The first-order valence-electron chi connectivity index (χ1n) is 6.64. The molecule has 0 aliphatic heterocycles. The number of rotatable bonds is 4. The number of carbonyl (C=O) groups is 1. The fraction of sp³-hybridized carbons (Fsp3) is 0.357. The van der Waals surface area contributed by atoms with Crippen LogP contribution in [-0.4, -0.2) is 26.9 Å². The van der Waals surface area contributed by atoms with Crippen molar-refractivity contribution in [2.24, 2.45) is 0 Å². The minimum Gasteiger partial charge on any atom is -0.466 e. The van der Waals surface area contributed by atoms with E-state index in [2.05, 4.69) is 9.97 Å². The molecule has 7 heteroatoms. The third-order valence-corrected chi connectivity index (χ3v) is 5.03. The van der Waals surface area contributed by atoms with E-state index in [0.29, 0.717) is 6.61 Å². The monoisotopic (exact) mass is 321 g/mol. The first kappa shape index (κ1) is 14.2. The molecule has 0 aliphatic carbocycles. The molecule has 21 heavy (non-hydrogen) atoms. The van der Waals surface area contributed by atoms with Crippen molar-refractivity contribution >= 4 is 33.6 Å². The highest BCUT2D eigenvalue weighted by atomic mass is 32.1. The van der Waals surface area contributed by atoms with Gasteiger partial charge in [-0.15, -0.1) is 22.7 Å². The Hall–Kier alpha value is -1.73. The van der Waals surface area contributed by atoms with E-state index in [-0.39, 0.29) is 12.4 Å². The predicted octanol–water partition coefficient (Wildman–Crippen LogP) is 3.24. The Kier molecular flexibility index (Phi) is 3.77. The van der Waals surface area contributed by atoms with Gasteiger partial charge in [0.15, 0.2) is 4.96 Å². The summed E-state index contributed by atoms with van der Waals surface area (Å²) in [4.78, 5) is 22.7. The van der Waals surface area contributed by atoms with E-state index >= 15 is 0 Å². The summed E-state index contributed by atoms with van der Waals surface area (Å²) < 4.78 is 6.97. The van der Waals surface area contributed by atoms with Crippen molar-refractivity contribution in [1.29, 1.82) is 0 Å². The summed E-state index contributed by atoms with van der Waals surface area (Å²) in [5.74, 6) is -0.211. The average molecular weight is 321 g/mol. The van der Waals surface area contributed by atoms with Gasteiger partial charge in [-0.25, -0.2) is 9.97 Å². The summed E-state index contributed by atoms with van der Waals surface area (Å²) in [5, 5.41) is 2.99. The Morgan fingerprint density at radius 2 is 2.19 bits per heavy atom. The smallest absolute Gasteiger partial charge is 0.311 e. The SMILES string of the molecule is CCOC(=O)Cc1csc2nc(-c3sc(C)nc3C)cn12. The largest absolute Gasteiger partial charge is 0.466 e. The number of thiazole rings is 2. The van der Waals surface area contributed by atoms with E-state index in [1.165, 1.54) is 11.3 Å². The fourth-order valence-corrected chi connectivity index (χ4v) is 3.94. The fourth-order valence-electron chi connectivity index (χ4n) is 2.19. The van der Waals surface area contributed by atoms with E-state index in [1.807, 2.05) is 36.7 Å². The number of ether oxygens (including phenoxy) is 1. The van der Waals surface area contributed by atoms with Gasteiger partial charge in [0.25, 0.3) is 0 Å². The van der Waals surface area contributed by atoms with Crippen LogP contribution in [0.15, 0.2) is 11.6 Å². The maximum Gasteiger partial charge on any atom is 0.311 e. The topological polar surface area (TPSA) is 56.5 Å². The first-order valence-corrected chi connectivity index (χ1v) is 8.33. The van der Waals surface area contributed by atoms with Crippen molar-refractivity contribution in [3.63, 3.8) is 0 Å². The molecule has 3 aromatic rings. The van der Waals surface area contributed by atoms with Crippen LogP contribution in [-0.2, 0) is 16.0 Å². The second kappa shape index (κ2) is 5.57. The molecular weight excluding hydrogens is 306 g/mol. The lowest BCUT2D eigenvalue weighted by molar-refractivity contribution is -0.142. The van der Waals surface area contributed by atoms with E-state index in [0.717, 1.165) is 31.9 Å². The Labute approximate surface area is 130 Å². The second-order valence-electron chi connectivity index (χ2n) is 4.63. The van der Waals surface area contributed by atoms with Crippen LogP contribution < -0.4 is 0 Å². The van der Waals surface area contributed by atoms with Crippen molar-refractivity contribution < 1.29 is 9.53 Å². The van der Waals surface area contributed by atoms with E-state index in [1.54, 1.807) is 11.3 Å². The Morgan fingerprint density at radius 1 is 1.38 bits per heavy atom. The van der Waals surface area contributed by atoms with Crippen molar-refractivity contribution in [3.8, 4) is 10.6 Å². The third kappa shape index (κ3) is 2.71. The Morgan fingerprint density at radius 3 is 2.86 bits per heavy atom. The van der Waals surface area contributed by atoms with Gasteiger partial charge in [-0.3, -0.25) is 9.20 Å². The van der Waals surface area contributed by atoms with E-state index in [4.69, 9.17) is 4.74 Å². The number of fused-ring (bicyclic) bond motifs is 1. The molecule has 0 bridgehead atoms. The number of nitrogens with zero attached hydrogens (tertiary/aromatic N) is 3. The van der Waals surface area contributed by atoms with E-state index in [9.17, 15) is 4.79 Å². The molecule has 0 N–H and O–H groups in total. The van der Waals surface area contributed by atoms with Gasteiger partial charge in [0.1, 0.15) is 5.69 Å². The summed E-state index contributed by atoms with van der Waals surface area (Å²) >= 11 is 3.17. The number of esters is 1. The van der Waals surface area contributed by atoms with Crippen molar-refractivity contribution in [2.75, 3.05) is 6.61 Å². The quantitative estimate of drug-likeness (QED) is 0.692. The van der Waals surface area contributed by atoms with E-state index < -0.39 is 0 Å². The van der Waals surface area contributed by atoms with Crippen LogP contribution >= 0.6 is 22.7 Å². The standard InChI is InChI=1S/C14H15N3O2S2/c1-4-19-12(18)5-10-7-20-14-16-11(6-17(10)14)13-8(2)15-9(3)21-13/h6-7H,4-5H2,1-3H3. The first-order chi connectivity index (χ1) is 10.1. The lowest BCUT2D eigenvalue weighted by Gasteiger charge is -2.00. The zero-order chi connectivity index (χ0) is 15.0. The second-order valence-corrected chi connectivity index (χ2v) is 6.67. The summed E-state index contributed by atoms with van der Waals surface area (Å²) in [7, 11) is 0. The molecule has 110 valence electrons. The van der Waals surface area contributed by atoms with Crippen molar-refractivity contribution in [3.05, 3.63) is 28.0 Å². The van der Waals surface area contributed by atoms with Crippen molar-refractivity contribution in [2.45, 2.75) is 27.2 Å². The highest BCUT2D eigenvalue weighted by Crippen LogP contribution is 2.30. The molecule has 0 saturated carbocycles. The van der Waals surface area contributed by atoms with Crippen molar-refractivity contribution in [1.82, 2.24) is 14.4 Å². The zero-order valence-electron chi connectivity index (χ0n) is 12.0. The van der Waals surface area contributed by atoms with Gasteiger partial charge < -0.3 is 4.74 Å². The normalized spacial score (nSPS) is 11.2. The van der Waals surface area contributed by atoms with Gasteiger partial charge in [-0.05, 0) is 20.8 Å². The highest BCUT2D eigenvalue weighted by molar-refractivity contribution is 7.16. The van der Waals surface area contributed by atoms with Gasteiger partial charge in [-0.2, -0.15) is 0 Å². The average Bonchev–Trinajstić information content (AvgIpc) is 3.06. The summed E-state index contributed by atoms with van der Waals surface area (Å²) in [5.41, 5.74) is 2.82.